The zero-order valence-electron chi connectivity index (χ0n) is 10.5. The molecule has 4 nitrogen and oxygen atoms in total. The van der Waals surface area contributed by atoms with Crippen molar-refractivity contribution in [2.45, 2.75) is 32.1 Å². The van der Waals surface area contributed by atoms with Crippen LogP contribution in [0.5, 0.6) is 0 Å². The molecule has 0 atom stereocenters. The molecule has 0 aromatic heterocycles. The number of carboxylic acid groups (broad SMARTS) is 1. The van der Waals surface area contributed by atoms with E-state index in [9.17, 15) is 9.59 Å². The number of carboxylic acids is 1. The number of benzene rings is 1. The number of nitrogens with one attached hydrogen (secondary N) is 1. The summed E-state index contributed by atoms with van der Waals surface area (Å²) in [4.78, 5) is 22.9. The van der Waals surface area contributed by atoms with E-state index in [-0.39, 0.29) is 17.4 Å². The van der Waals surface area contributed by atoms with Crippen LogP contribution in [-0.2, 0) is 4.79 Å². The van der Waals surface area contributed by atoms with Crippen LogP contribution in [0.25, 0.3) is 0 Å². The summed E-state index contributed by atoms with van der Waals surface area (Å²) in [5.41, 5.74) is 0.822. The molecular weight excluding hydrogens is 310 g/mol. The predicted octanol–water partition coefficient (Wildman–Crippen LogP) is 3.67. The molecule has 1 aliphatic rings. The van der Waals surface area contributed by atoms with E-state index in [1.165, 1.54) is 18.6 Å². The lowest BCUT2D eigenvalue weighted by Gasteiger charge is -2.21. The van der Waals surface area contributed by atoms with E-state index in [4.69, 9.17) is 5.11 Å². The van der Waals surface area contributed by atoms with E-state index in [1.54, 1.807) is 6.07 Å². The fourth-order valence-electron chi connectivity index (χ4n) is 2.35. The number of rotatable bonds is 3. The second kappa shape index (κ2) is 6.19. The minimum atomic E-state index is -0.981. The summed E-state index contributed by atoms with van der Waals surface area (Å²) in [6.07, 6.45) is 5.31. The zero-order chi connectivity index (χ0) is 13.8. The van der Waals surface area contributed by atoms with Gasteiger partial charge in [0.25, 0.3) is 0 Å². The van der Waals surface area contributed by atoms with E-state index in [0.29, 0.717) is 10.2 Å². The van der Waals surface area contributed by atoms with Crippen LogP contribution >= 0.6 is 15.9 Å². The molecule has 0 aliphatic heterocycles. The van der Waals surface area contributed by atoms with Gasteiger partial charge in [-0.25, -0.2) is 4.79 Å². The molecule has 0 spiro atoms. The number of carbonyl (C=O) groups is 2. The number of anilines is 1. The van der Waals surface area contributed by atoms with Crippen molar-refractivity contribution in [1.82, 2.24) is 0 Å². The molecule has 1 fully saturated rings. The van der Waals surface area contributed by atoms with Crippen molar-refractivity contribution in [1.29, 1.82) is 0 Å². The minimum absolute atomic E-state index is 0.0310. The molecule has 1 aromatic rings. The van der Waals surface area contributed by atoms with Gasteiger partial charge >= 0.3 is 5.97 Å². The summed E-state index contributed by atoms with van der Waals surface area (Å²) in [7, 11) is 0. The molecule has 0 unspecified atom stereocenters. The zero-order valence-corrected chi connectivity index (χ0v) is 12.1. The normalized spacial score (nSPS) is 16.1. The van der Waals surface area contributed by atoms with E-state index >= 15 is 0 Å². The van der Waals surface area contributed by atoms with Crippen molar-refractivity contribution in [3.8, 4) is 0 Å². The Labute approximate surface area is 120 Å². The Hall–Kier alpha value is -1.36. The Bertz CT molecular complexity index is 495. The smallest absolute Gasteiger partial charge is 0.335 e. The van der Waals surface area contributed by atoms with Crippen LogP contribution in [0.2, 0.25) is 0 Å². The molecular formula is C14H16BrNO3. The second-order valence-corrected chi connectivity index (χ2v) is 5.68. The molecule has 0 saturated heterocycles. The Balaban J connectivity index is 2.06. The molecule has 0 heterocycles. The van der Waals surface area contributed by atoms with Crippen LogP contribution in [0.1, 0.15) is 42.5 Å². The van der Waals surface area contributed by atoms with Crippen molar-refractivity contribution in [3.05, 3.63) is 28.2 Å². The number of hydrogen-bond donors (Lipinski definition) is 2. The number of halogens is 1. The molecule has 0 bridgehead atoms. The monoisotopic (exact) mass is 325 g/mol. The van der Waals surface area contributed by atoms with Crippen molar-refractivity contribution < 1.29 is 14.7 Å². The number of carbonyl (C=O) groups excluding carboxylic acids is 1. The Kier molecular flexibility index (Phi) is 4.58. The SMILES string of the molecule is O=C(O)c1ccc(NC(=O)C2CCCCC2)c(Br)c1. The number of amides is 1. The second-order valence-electron chi connectivity index (χ2n) is 4.82. The average Bonchev–Trinajstić information content (AvgIpc) is 2.41. The topological polar surface area (TPSA) is 66.4 Å². The highest BCUT2D eigenvalue weighted by molar-refractivity contribution is 9.10. The Morgan fingerprint density at radius 2 is 1.89 bits per heavy atom. The van der Waals surface area contributed by atoms with Crippen LogP contribution < -0.4 is 5.32 Å². The van der Waals surface area contributed by atoms with Crippen molar-refractivity contribution in [3.63, 3.8) is 0 Å². The standard InChI is InChI=1S/C14H16BrNO3/c15-11-8-10(14(18)19)6-7-12(11)16-13(17)9-4-2-1-3-5-9/h6-9H,1-5H2,(H,16,17)(H,18,19). The highest BCUT2D eigenvalue weighted by atomic mass is 79.9. The number of hydrogen-bond acceptors (Lipinski definition) is 2. The first kappa shape index (κ1) is 14.1. The van der Waals surface area contributed by atoms with Crippen LogP contribution in [0.3, 0.4) is 0 Å². The lowest BCUT2D eigenvalue weighted by Crippen LogP contribution is -2.24. The Morgan fingerprint density at radius 1 is 1.21 bits per heavy atom. The van der Waals surface area contributed by atoms with Gasteiger partial charge in [0, 0.05) is 10.4 Å². The van der Waals surface area contributed by atoms with Gasteiger partial charge in [-0.05, 0) is 47.0 Å². The maximum atomic E-state index is 12.1. The van der Waals surface area contributed by atoms with Gasteiger partial charge in [0.15, 0.2) is 0 Å². The lowest BCUT2D eigenvalue weighted by molar-refractivity contribution is -0.120. The summed E-state index contributed by atoms with van der Waals surface area (Å²) in [6, 6.07) is 4.61. The fraction of sp³-hybridized carbons (Fsp3) is 0.429. The van der Waals surface area contributed by atoms with E-state index < -0.39 is 5.97 Å². The first-order valence-corrected chi connectivity index (χ1v) is 7.21. The molecule has 19 heavy (non-hydrogen) atoms. The van der Waals surface area contributed by atoms with Gasteiger partial charge < -0.3 is 10.4 Å². The van der Waals surface area contributed by atoms with Crippen LogP contribution in [0.15, 0.2) is 22.7 Å². The van der Waals surface area contributed by atoms with Gasteiger partial charge in [0.1, 0.15) is 0 Å². The van der Waals surface area contributed by atoms with Gasteiger partial charge in [-0.1, -0.05) is 19.3 Å². The first-order chi connectivity index (χ1) is 9.08. The van der Waals surface area contributed by atoms with E-state index in [0.717, 1.165) is 25.7 Å². The molecule has 0 radical (unpaired) electrons. The third-order valence-corrected chi connectivity index (χ3v) is 4.11. The summed E-state index contributed by atoms with van der Waals surface area (Å²) in [6.45, 7) is 0. The first-order valence-electron chi connectivity index (χ1n) is 6.41. The average molecular weight is 326 g/mol. The molecule has 1 aromatic carbocycles. The Morgan fingerprint density at radius 3 is 2.47 bits per heavy atom. The quantitative estimate of drug-likeness (QED) is 0.891. The third-order valence-electron chi connectivity index (χ3n) is 3.45. The van der Waals surface area contributed by atoms with E-state index in [1.807, 2.05) is 0 Å². The molecule has 1 aliphatic carbocycles. The van der Waals surface area contributed by atoms with Crippen molar-refractivity contribution >= 4 is 33.5 Å². The minimum Gasteiger partial charge on any atom is -0.478 e. The molecule has 2 rings (SSSR count). The van der Waals surface area contributed by atoms with Gasteiger partial charge in [-0.2, -0.15) is 0 Å². The van der Waals surface area contributed by atoms with Crippen molar-refractivity contribution in [2.75, 3.05) is 5.32 Å². The molecule has 102 valence electrons. The highest BCUT2D eigenvalue weighted by Gasteiger charge is 2.21. The fourth-order valence-corrected chi connectivity index (χ4v) is 2.83. The molecule has 1 saturated carbocycles. The van der Waals surface area contributed by atoms with E-state index in [2.05, 4.69) is 21.2 Å². The third kappa shape index (κ3) is 3.56. The summed E-state index contributed by atoms with van der Waals surface area (Å²) in [5.74, 6) is -0.867. The summed E-state index contributed by atoms with van der Waals surface area (Å²) >= 11 is 3.29. The van der Waals surface area contributed by atoms with Gasteiger partial charge in [-0.3, -0.25) is 4.79 Å². The maximum absolute atomic E-state index is 12.1. The molecule has 5 heteroatoms. The van der Waals surface area contributed by atoms with Gasteiger partial charge in [0.2, 0.25) is 5.91 Å². The largest absolute Gasteiger partial charge is 0.478 e. The highest BCUT2D eigenvalue weighted by Crippen LogP contribution is 2.28. The lowest BCUT2D eigenvalue weighted by atomic mass is 9.88. The maximum Gasteiger partial charge on any atom is 0.335 e. The predicted molar refractivity (Wildman–Crippen MR) is 76.3 cm³/mol. The summed E-state index contributed by atoms with van der Waals surface area (Å²) in [5, 5.41) is 11.7. The van der Waals surface area contributed by atoms with Gasteiger partial charge in [-0.15, -0.1) is 0 Å². The molecule has 2 N–H and O–H groups in total. The summed E-state index contributed by atoms with van der Waals surface area (Å²) < 4.78 is 0.594. The number of aromatic carboxylic acids is 1. The van der Waals surface area contributed by atoms with Crippen LogP contribution in [-0.4, -0.2) is 17.0 Å². The van der Waals surface area contributed by atoms with Crippen LogP contribution in [0.4, 0.5) is 5.69 Å². The van der Waals surface area contributed by atoms with Crippen LogP contribution in [0, 0.1) is 5.92 Å². The molecule has 1 amide bonds. The van der Waals surface area contributed by atoms with Crippen molar-refractivity contribution in [2.24, 2.45) is 5.92 Å². The van der Waals surface area contributed by atoms with Gasteiger partial charge in [0.05, 0.1) is 11.3 Å².